The van der Waals surface area contributed by atoms with Crippen molar-refractivity contribution in [3.63, 3.8) is 0 Å². The van der Waals surface area contributed by atoms with Crippen molar-refractivity contribution >= 4 is 39.1 Å². The highest BCUT2D eigenvalue weighted by atomic mass is 79.9. The SMILES string of the molecule is Cc1ccccc1C(=O)Nc1ccc(NC(=O)c2cc(Br)ccc2OCCc2ccccc2)cc1. The molecule has 0 heterocycles. The van der Waals surface area contributed by atoms with Gasteiger partial charge < -0.3 is 15.4 Å². The molecule has 0 bridgehead atoms. The van der Waals surface area contributed by atoms with Crippen LogP contribution in [0.5, 0.6) is 5.75 Å². The molecule has 0 aromatic heterocycles. The van der Waals surface area contributed by atoms with Crippen LogP contribution in [0.3, 0.4) is 0 Å². The number of hydrogen-bond donors (Lipinski definition) is 2. The first-order chi connectivity index (χ1) is 17.0. The Bertz CT molecular complexity index is 1320. The van der Waals surface area contributed by atoms with Gasteiger partial charge in [-0.25, -0.2) is 0 Å². The fourth-order valence-corrected chi connectivity index (χ4v) is 3.95. The number of rotatable bonds is 8. The van der Waals surface area contributed by atoms with Crippen LogP contribution in [0.2, 0.25) is 0 Å². The highest BCUT2D eigenvalue weighted by Gasteiger charge is 2.14. The Morgan fingerprint density at radius 2 is 1.34 bits per heavy atom. The van der Waals surface area contributed by atoms with E-state index in [0.29, 0.717) is 34.9 Å². The molecule has 0 radical (unpaired) electrons. The number of halogens is 1. The first-order valence-electron chi connectivity index (χ1n) is 11.2. The molecule has 35 heavy (non-hydrogen) atoms. The van der Waals surface area contributed by atoms with E-state index < -0.39 is 0 Å². The average Bonchev–Trinajstić information content (AvgIpc) is 2.87. The Balaban J connectivity index is 1.39. The number of amides is 2. The third-order valence-electron chi connectivity index (χ3n) is 5.47. The summed E-state index contributed by atoms with van der Waals surface area (Å²) in [5.41, 5.74) is 4.39. The summed E-state index contributed by atoms with van der Waals surface area (Å²) in [5, 5.41) is 5.79. The van der Waals surface area contributed by atoms with E-state index in [4.69, 9.17) is 4.74 Å². The minimum absolute atomic E-state index is 0.175. The summed E-state index contributed by atoms with van der Waals surface area (Å²) < 4.78 is 6.72. The van der Waals surface area contributed by atoms with E-state index in [-0.39, 0.29) is 11.8 Å². The fourth-order valence-electron chi connectivity index (χ4n) is 3.59. The summed E-state index contributed by atoms with van der Waals surface area (Å²) in [7, 11) is 0. The average molecular weight is 529 g/mol. The zero-order valence-electron chi connectivity index (χ0n) is 19.3. The van der Waals surface area contributed by atoms with Gasteiger partial charge in [0.05, 0.1) is 12.2 Å². The zero-order chi connectivity index (χ0) is 24.6. The van der Waals surface area contributed by atoms with E-state index in [9.17, 15) is 9.59 Å². The van der Waals surface area contributed by atoms with Gasteiger partial charge in [0, 0.05) is 27.8 Å². The highest BCUT2D eigenvalue weighted by Crippen LogP contribution is 2.25. The van der Waals surface area contributed by atoms with E-state index >= 15 is 0 Å². The Kier molecular flexibility index (Phi) is 7.95. The number of anilines is 2. The molecule has 0 saturated heterocycles. The minimum atomic E-state index is -0.280. The van der Waals surface area contributed by atoms with Crippen molar-refractivity contribution in [2.45, 2.75) is 13.3 Å². The van der Waals surface area contributed by atoms with Crippen LogP contribution in [0.1, 0.15) is 31.8 Å². The van der Waals surface area contributed by atoms with Gasteiger partial charge in [0.25, 0.3) is 11.8 Å². The molecular formula is C29H25BrN2O3. The molecule has 176 valence electrons. The van der Waals surface area contributed by atoms with Gasteiger partial charge in [0.15, 0.2) is 0 Å². The molecule has 2 N–H and O–H groups in total. The number of carbonyl (C=O) groups is 2. The quantitative estimate of drug-likeness (QED) is 0.261. The molecule has 0 saturated carbocycles. The van der Waals surface area contributed by atoms with Gasteiger partial charge in [-0.3, -0.25) is 9.59 Å². The number of carbonyl (C=O) groups excluding carboxylic acids is 2. The Morgan fingerprint density at radius 1 is 0.743 bits per heavy atom. The summed E-state index contributed by atoms with van der Waals surface area (Å²) in [5.74, 6) is 0.0627. The lowest BCUT2D eigenvalue weighted by atomic mass is 10.1. The van der Waals surface area contributed by atoms with E-state index in [1.165, 1.54) is 5.56 Å². The van der Waals surface area contributed by atoms with Gasteiger partial charge >= 0.3 is 0 Å². The van der Waals surface area contributed by atoms with Crippen LogP contribution in [-0.2, 0) is 6.42 Å². The second kappa shape index (κ2) is 11.5. The number of ether oxygens (including phenoxy) is 1. The molecule has 0 fully saturated rings. The monoisotopic (exact) mass is 528 g/mol. The summed E-state index contributed by atoms with van der Waals surface area (Å²) >= 11 is 3.44. The molecule has 4 aromatic carbocycles. The first-order valence-corrected chi connectivity index (χ1v) is 12.0. The number of hydrogen-bond acceptors (Lipinski definition) is 3. The molecule has 5 nitrogen and oxygen atoms in total. The van der Waals surface area contributed by atoms with Crippen LogP contribution < -0.4 is 15.4 Å². The largest absolute Gasteiger partial charge is 0.492 e. The van der Waals surface area contributed by atoms with Crippen molar-refractivity contribution in [3.8, 4) is 5.75 Å². The maximum absolute atomic E-state index is 13.0. The Labute approximate surface area is 213 Å². The van der Waals surface area contributed by atoms with E-state index in [2.05, 4.69) is 26.6 Å². The zero-order valence-corrected chi connectivity index (χ0v) is 20.8. The van der Waals surface area contributed by atoms with Crippen molar-refractivity contribution in [1.82, 2.24) is 0 Å². The second-order valence-electron chi connectivity index (χ2n) is 8.03. The van der Waals surface area contributed by atoms with Crippen molar-refractivity contribution in [3.05, 3.63) is 124 Å². The minimum Gasteiger partial charge on any atom is -0.492 e. The predicted octanol–water partition coefficient (Wildman–Crippen LogP) is 6.88. The van der Waals surface area contributed by atoms with Crippen LogP contribution in [0.25, 0.3) is 0 Å². The molecular weight excluding hydrogens is 504 g/mol. The molecule has 4 aromatic rings. The number of aryl methyl sites for hydroxylation is 1. The molecule has 4 rings (SSSR count). The maximum Gasteiger partial charge on any atom is 0.259 e. The predicted molar refractivity (Wildman–Crippen MR) is 143 cm³/mol. The molecule has 0 unspecified atom stereocenters. The van der Waals surface area contributed by atoms with E-state index in [0.717, 1.165) is 16.5 Å². The Morgan fingerprint density at radius 3 is 2.00 bits per heavy atom. The molecule has 0 aliphatic carbocycles. The van der Waals surface area contributed by atoms with Crippen LogP contribution in [0.4, 0.5) is 11.4 Å². The van der Waals surface area contributed by atoms with Gasteiger partial charge in [-0.2, -0.15) is 0 Å². The van der Waals surface area contributed by atoms with Crippen molar-refractivity contribution in [2.24, 2.45) is 0 Å². The molecule has 0 spiro atoms. The van der Waals surface area contributed by atoms with Crippen LogP contribution in [0, 0.1) is 6.92 Å². The second-order valence-corrected chi connectivity index (χ2v) is 8.94. The summed E-state index contributed by atoms with van der Waals surface area (Å²) in [6.07, 6.45) is 0.744. The van der Waals surface area contributed by atoms with Gasteiger partial charge in [-0.15, -0.1) is 0 Å². The van der Waals surface area contributed by atoms with Crippen molar-refractivity contribution in [1.29, 1.82) is 0 Å². The molecule has 0 aliphatic heterocycles. The van der Waals surface area contributed by atoms with Crippen molar-refractivity contribution < 1.29 is 14.3 Å². The Hall–Kier alpha value is -3.90. The normalized spacial score (nSPS) is 10.5. The first kappa shape index (κ1) is 24.2. The highest BCUT2D eigenvalue weighted by molar-refractivity contribution is 9.10. The van der Waals surface area contributed by atoms with Gasteiger partial charge in [0.2, 0.25) is 0 Å². The van der Waals surface area contributed by atoms with Crippen LogP contribution in [-0.4, -0.2) is 18.4 Å². The van der Waals surface area contributed by atoms with E-state index in [1.807, 2.05) is 61.5 Å². The number of benzene rings is 4. The lowest BCUT2D eigenvalue weighted by Crippen LogP contribution is -2.15. The topological polar surface area (TPSA) is 67.4 Å². The molecule has 0 atom stereocenters. The third kappa shape index (κ3) is 6.58. The molecule has 0 aliphatic rings. The van der Waals surface area contributed by atoms with Crippen LogP contribution >= 0.6 is 15.9 Å². The summed E-state index contributed by atoms with van der Waals surface area (Å²) in [6.45, 7) is 2.36. The lowest BCUT2D eigenvalue weighted by Gasteiger charge is -2.13. The molecule has 2 amide bonds. The summed E-state index contributed by atoms with van der Waals surface area (Å²) in [6, 6.07) is 29.9. The standard InChI is InChI=1S/C29H25BrN2O3/c1-20-7-5-6-10-25(20)28(33)31-23-12-14-24(15-13-23)32-29(34)26-19-22(30)11-16-27(26)35-18-17-21-8-3-2-4-9-21/h2-16,19H,17-18H2,1H3,(H,31,33)(H,32,34). The van der Waals surface area contributed by atoms with Gasteiger partial charge in [-0.05, 0) is 66.6 Å². The fraction of sp³-hybridized carbons (Fsp3) is 0.103. The number of nitrogens with one attached hydrogen (secondary N) is 2. The van der Waals surface area contributed by atoms with Gasteiger partial charge in [-0.1, -0.05) is 64.5 Å². The van der Waals surface area contributed by atoms with Gasteiger partial charge in [0.1, 0.15) is 5.75 Å². The summed E-state index contributed by atoms with van der Waals surface area (Å²) in [4.78, 5) is 25.6. The van der Waals surface area contributed by atoms with Crippen LogP contribution in [0.15, 0.2) is 102 Å². The maximum atomic E-state index is 13.0. The lowest BCUT2D eigenvalue weighted by molar-refractivity contribution is 0.101. The molecule has 6 heteroatoms. The third-order valence-corrected chi connectivity index (χ3v) is 5.96. The van der Waals surface area contributed by atoms with E-state index in [1.54, 1.807) is 42.5 Å². The smallest absolute Gasteiger partial charge is 0.259 e. The van der Waals surface area contributed by atoms with Crippen molar-refractivity contribution in [2.75, 3.05) is 17.2 Å².